The van der Waals surface area contributed by atoms with Crippen LogP contribution < -0.4 is 0 Å². The Kier molecular flexibility index (Phi) is 9.03. The van der Waals surface area contributed by atoms with E-state index in [1.807, 2.05) is 6.33 Å². The maximum Gasteiger partial charge on any atom is 0.0963 e. The first-order chi connectivity index (χ1) is 14.4. The van der Waals surface area contributed by atoms with Crippen LogP contribution in [0.2, 0.25) is 0 Å². The minimum atomic E-state index is 1.04. The highest BCUT2D eigenvalue weighted by Gasteiger charge is 2.14. The summed E-state index contributed by atoms with van der Waals surface area (Å²) < 4.78 is 2.35. The molecule has 29 heavy (non-hydrogen) atoms. The molecule has 1 aromatic heterocycles. The molecule has 0 aliphatic carbocycles. The summed E-state index contributed by atoms with van der Waals surface area (Å²) in [6.45, 7) is 3.33. The van der Waals surface area contributed by atoms with Crippen LogP contribution in [0.4, 0.5) is 0 Å². The Morgan fingerprint density at radius 2 is 1.14 bits per heavy atom. The van der Waals surface area contributed by atoms with Crippen molar-refractivity contribution in [3.8, 4) is 22.5 Å². The molecule has 0 saturated carbocycles. The largest absolute Gasteiger partial charge is 0.330 e. The van der Waals surface area contributed by atoms with E-state index in [1.165, 1.54) is 81.0 Å². The third kappa shape index (κ3) is 6.59. The predicted octanol–water partition coefficient (Wildman–Crippen LogP) is 8.14. The van der Waals surface area contributed by atoms with Gasteiger partial charge in [0.2, 0.25) is 0 Å². The van der Waals surface area contributed by atoms with Crippen molar-refractivity contribution in [2.24, 2.45) is 0 Å². The molecule has 0 amide bonds. The maximum atomic E-state index is 4.79. The van der Waals surface area contributed by atoms with Crippen LogP contribution in [0.3, 0.4) is 0 Å². The van der Waals surface area contributed by atoms with Gasteiger partial charge in [0, 0.05) is 17.7 Å². The molecule has 2 heteroatoms. The molecular weight excluding hydrogens is 352 g/mol. The van der Waals surface area contributed by atoms with E-state index in [0.717, 1.165) is 12.2 Å². The van der Waals surface area contributed by atoms with Crippen LogP contribution in [0, 0.1) is 0 Å². The normalized spacial score (nSPS) is 11.1. The maximum absolute atomic E-state index is 4.79. The lowest BCUT2D eigenvalue weighted by molar-refractivity contribution is 0.536. The summed E-state index contributed by atoms with van der Waals surface area (Å²) >= 11 is 0. The fourth-order valence-corrected chi connectivity index (χ4v) is 4.03. The monoisotopic (exact) mass is 388 g/mol. The van der Waals surface area contributed by atoms with Crippen LogP contribution >= 0.6 is 0 Å². The molecule has 154 valence electrons. The fourth-order valence-electron chi connectivity index (χ4n) is 4.03. The molecule has 0 radical (unpaired) electrons. The molecular formula is C27H36N2. The van der Waals surface area contributed by atoms with Crippen molar-refractivity contribution in [3.05, 3.63) is 67.0 Å². The van der Waals surface area contributed by atoms with Gasteiger partial charge in [0.1, 0.15) is 0 Å². The van der Waals surface area contributed by atoms with Crippen LogP contribution in [-0.2, 0) is 6.54 Å². The van der Waals surface area contributed by atoms with E-state index in [0.29, 0.717) is 0 Å². The lowest BCUT2D eigenvalue weighted by Crippen LogP contribution is -1.99. The molecule has 3 rings (SSSR count). The highest BCUT2D eigenvalue weighted by Crippen LogP contribution is 2.31. The van der Waals surface area contributed by atoms with Gasteiger partial charge in [0.05, 0.1) is 17.7 Å². The first-order valence-corrected chi connectivity index (χ1v) is 11.6. The van der Waals surface area contributed by atoms with Crippen LogP contribution in [0.5, 0.6) is 0 Å². The summed E-state index contributed by atoms with van der Waals surface area (Å²) in [4.78, 5) is 4.79. The third-order valence-electron chi connectivity index (χ3n) is 5.68. The predicted molar refractivity (Wildman–Crippen MR) is 125 cm³/mol. The van der Waals surface area contributed by atoms with Crippen molar-refractivity contribution >= 4 is 0 Å². The van der Waals surface area contributed by atoms with E-state index in [-0.39, 0.29) is 0 Å². The van der Waals surface area contributed by atoms with Gasteiger partial charge in [-0.2, -0.15) is 0 Å². The Balaban J connectivity index is 1.54. The van der Waals surface area contributed by atoms with Crippen molar-refractivity contribution in [1.29, 1.82) is 0 Å². The highest BCUT2D eigenvalue weighted by atomic mass is 15.1. The van der Waals surface area contributed by atoms with E-state index in [1.54, 1.807) is 0 Å². The number of benzene rings is 2. The Hall–Kier alpha value is -2.35. The zero-order valence-electron chi connectivity index (χ0n) is 18.0. The van der Waals surface area contributed by atoms with Crippen LogP contribution in [0.25, 0.3) is 22.5 Å². The van der Waals surface area contributed by atoms with Crippen molar-refractivity contribution in [2.75, 3.05) is 0 Å². The number of hydrogen-bond acceptors (Lipinski definition) is 1. The number of aryl methyl sites for hydroxylation is 1. The third-order valence-corrected chi connectivity index (χ3v) is 5.68. The number of imidazole rings is 1. The van der Waals surface area contributed by atoms with Crippen molar-refractivity contribution in [2.45, 2.75) is 77.7 Å². The van der Waals surface area contributed by atoms with Gasteiger partial charge in [-0.3, -0.25) is 0 Å². The number of hydrogen-bond donors (Lipinski definition) is 0. The summed E-state index contributed by atoms with van der Waals surface area (Å²) in [5.74, 6) is 0. The van der Waals surface area contributed by atoms with Crippen molar-refractivity contribution in [1.82, 2.24) is 9.55 Å². The Morgan fingerprint density at radius 3 is 1.72 bits per heavy atom. The molecule has 3 aromatic rings. The molecule has 0 spiro atoms. The van der Waals surface area contributed by atoms with Gasteiger partial charge in [-0.05, 0) is 6.42 Å². The molecule has 2 nitrogen and oxygen atoms in total. The van der Waals surface area contributed by atoms with Gasteiger partial charge < -0.3 is 4.57 Å². The summed E-state index contributed by atoms with van der Waals surface area (Å²) in [6.07, 6.45) is 15.7. The zero-order valence-corrected chi connectivity index (χ0v) is 18.0. The van der Waals surface area contributed by atoms with Crippen molar-refractivity contribution < 1.29 is 0 Å². The highest BCUT2D eigenvalue weighted by molar-refractivity contribution is 5.78. The van der Waals surface area contributed by atoms with Gasteiger partial charge in [-0.25, -0.2) is 4.98 Å². The molecule has 2 aromatic carbocycles. The quantitative estimate of drug-likeness (QED) is 0.270. The molecule has 0 aliphatic rings. The molecule has 0 saturated heterocycles. The molecule has 0 atom stereocenters. The van der Waals surface area contributed by atoms with E-state index in [2.05, 4.69) is 72.2 Å². The van der Waals surface area contributed by atoms with Gasteiger partial charge in [-0.1, -0.05) is 125 Å². The summed E-state index contributed by atoms with van der Waals surface area (Å²) in [6, 6.07) is 21.2. The summed E-state index contributed by atoms with van der Waals surface area (Å²) in [5, 5.41) is 0. The summed E-state index contributed by atoms with van der Waals surface area (Å²) in [5.41, 5.74) is 4.76. The van der Waals surface area contributed by atoms with Gasteiger partial charge in [0.25, 0.3) is 0 Å². The average molecular weight is 389 g/mol. The van der Waals surface area contributed by atoms with E-state index in [4.69, 9.17) is 4.98 Å². The standard InChI is InChI=1S/C27H36N2/c1-2-3-4-5-6-7-8-9-10-17-22-29-23-28-26(24-18-13-11-14-19-24)27(29)25-20-15-12-16-21-25/h11-16,18-21,23H,2-10,17,22H2,1H3. The Morgan fingerprint density at radius 1 is 0.621 bits per heavy atom. The molecule has 0 bridgehead atoms. The minimum Gasteiger partial charge on any atom is -0.330 e. The summed E-state index contributed by atoms with van der Waals surface area (Å²) in [7, 11) is 0. The van der Waals surface area contributed by atoms with E-state index in [9.17, 15) is 0 Å². The lowest BCUT2D eigenvalue weighted by Gasteiger charge is -2.11. The van der Waals surface area contributed by atoms with E-state index < -0.39 is 0 Å². The molecule has 0 unspecified atom stereocenters. The van der Waals surface area contributed by atoms with Crippen LogP contribution in [0.15, 0.2) is 67.0 Å². The first kappa shape index (κ1) is 21.4. The minimum absolute atomic E-state index is 1.04. The number of nitrogens with zero attached hydrogens (tertiary/aromatic N) is 2. The second kappa shape index (κ2) is 12.3. The molecule has 1 heterocycles. The molecule has 0 aliphatic heterocycles. The average Bonchev–Trinajstić information content (AvgIpc) is 3.20. The number of rotatable bonds is 13. The second-order valence-electron chi connectivity index (χ2n) is 8.05. The van der Waals surface area contributed by atoms with E-state index >= 15 is 0 Å². The number of aromatic nitrogens is 2. The van der Waals surface area contributed by atoms with Gasteiger partial charge in [-0.15, -0.1) is 0 Å². The fraction of sp³-hybridized carbons (Fsp3) is 0.444. The number of unbranched alkanes of at least 4 members (excludes halogenated alkanes) is 9. The Labute approximate surface area is 177 Å². The zero-order chi connectivity index (χ0) is 20.2. The van der Waals surface area contributed by atoms with Crippen LogP contribution in [0.1, 0.15) is 71.1 Å². The molecule has 0 N–H and O–H groups in total. The lowest BCUT2D eigenvalue weighted by atomic mass is 10.0. The van der Waals surface area contributed by atoms with Crippen molar-refractivity contribution in [3.63, 3.8) is 0 Å². The van der Waals surface area contributed by atoms with Gasteiger partial charge in [0.15, 0.2) is 0 Å². The SMILES string of the molecule is CCCCCCCCCCCCn1cnc(-c2ccccc2)c1-c1ccccc1. The van der Waals surface area contributed by atoms with Gasteiger partial charge >= 0.3 is 0 Å². The topological polar surface area (TPSA) is 17.8 Å². The Bertz CT molecular complexity index is 805. The smallest absolute Gasteiger partial charge is 0.0963 e. The van der Waals surface area contributed by atoms with Crippen LogP contribution in [-0.4, -0.2) is 9.55 Å². The second-order valence-corrected chi connectivity index (χ2v) is 8.05. The molecule has 0 fully saturated rings. The first-order valence-electron chi connectivity index (χ1n) is 11.6.